The lowest BCUT2D eigenvalue weighted by molar-refractivity contribution is -0.144. The van der Waals surface area contributed by atoms with Crippen LogP contribution in [0.2, 0.25) is 5.15 Å². The third kappa shape index (κ3) is 8.21. The predicted octanol–water partition coefficient (Wildman–Crippen LogP) is 6.14. The van der Waals surface area contributed by atoms with E-state index in [-0.39, 0.29) is 41.8 Å². The number of hydrogen-bond acceptors (Lipinski definition) is 14. The number of aliphatic imine (C=N–C) groups is 1. The van der Waals surface area contributed by atoms with Crippen LogP contribution in [-0.2, 0) is 51.3 Å². The minimum atomic E-state index is -0.0805. The number of nitrogens with two attached hydrogens (primary N) is 1. The van der Waals surface area contributed by atoms with Crippen LogP contribution >= 0.6 is 34.3 Å². The zero-order chi connectivity index (χ0) is 41.5. The number of amides is 2. The summed E-state index contributed by atoms with van der Waals surface area (Å²) < 4.78 is 17.0. The van der Waals surface area contributed by atoms with Gasteiger partial charge in [0.05, 0.1) is 61.5 Å². The van der Waals surface area contributed by atoms with Crippen molar-refractivity contribution in [3.05, 3.63) is 61.9 Å². The van der Waals surface area contributed by atoms with E-state index in [0.29, 0.717) is 57.8 Å². The summed E-state index contributed by atoms with van der Waals surface area (Å²) in [5.74, 6) is 2.07. The van der Waals surface area contributed by atoms with E-state index in [2.05, 4.69) is 50.2 Å². The van der Waals surface area contributed by atoms with Gasteiger partial charge in [0.25, 0.3) is 0 Å². The van der Waals surface area contributed by atoms with E-state index in [1.807, 2.05) is 29.0 Å². The summed E-state index contributed by atoms with van der Waals surface area (Å²) in [6.07, 6.45) is 9.93. The average molecular weight is 873 g/mol. The molecule has 17 heteroatoms. The van der Waals surface area contributed by atoms with Gasteiger partial charge in [0.2, 0.25) is 11.8 Å². The molecule has 7 heterocycles. The molecule has 0 radical (unpaired) electrons. The Kier molecular flexibility index (Phi) is 12.0. The molecule has 14 nitrogen and oxygen atoms in total. The number of nitrogens with one attached hydrogen (secondary N) is 1. The summed E-state index contributed by atoms with van der Waals surface area (Å²) >= 11 is 9.57. The number of aromatic nitrogens is 4. The third-order valence-corrected chi connectivity index (χ3v) is 14.7. The van der Waals surface area contributed by atoms with Crippen LogP contribution in [-0.4, -0.2) is 112 Å². The van der Waals surface area contributed by atoms with Gasteiger partial charge >= 0.3 is 0 Å². The molecule has 5 aromatic rings. The third-order valence-electron chi connectivity index (χ3n) is 12.1. The number of hydrogen-bond donors (Lipinski definition) is 2. The summed E-state index contributed by atoms with van der Waals surface area (Å²) in [5.41, 5.74) is 11.5. The van der Waals surface area contributed by atoms with Gasteiger partial charge in [-0.2, -0.15) is 0 Å². The number of halogens is 1. The second kappa shape index (κ2) is 17.6. The fourth-order valence-electron chi connectivity index (χ4n) is 8.98. The van der Waals surface area contributed by atoms with Crippen LogP contribution in [0.4, 0.5) is 11.5 Å². The number of aryl methyl sites for hydroxylation is 2. The normalized spacial score (nSPS) is 22.8. The van der Waals surface area contributed by atoms with Crippen molar-refractivity contribution < 1.29 is 23.8 Å². The fourth-order valence-corrected chi connectivity index (χ4v) is 11.8. The lowest BCUT2D eigenvalue weighted by Crippen LogP contribution is -2.50. The molecule has 2 saturated heterocycles. The number of anilines is 2. The van der Waals surface area contributed by atoms with Gasteiger partial charge in [0, 0.05) is 46.9 Å². The zero-order valence-electron chi connectivity index (χ0n) is 34.1. The highest BCUT2D eigenvalue weighted by molar-refractivity contribution is 7.19. The molecular weight excluding hydrogens is 822 g/mol. The fraction of sp³-hybridized carbons (Fsp3) is 0.512. The number of benzene rings is 1. The summed E-state index contributed by atoms with van der Waals surface area (Å²) in [6, 6.07) is 4.32. The van der Waals surface area contributed by atoms with Gasteiger partial charge in [-0.3, -0.25) is 14.6 Å². The minimum absolute atomic E-state index is 0.000246. The predicted molar refractivity (Wildman–Crippen MR) is 235 cm³/mol. The molecule has 2 fully saturated rings. The van der Waals surface area contributed by atoms with Crippen molar-refractivity contribution in [2.45, 2.75) is 84.0 Å². The van der Waals surface area contributed by atoms with Gasteiger partial charge in [-0.15, -0.1) is 22.7 Å². The molecular formula is C43H50ClN9O5S2. The molecule has 1 aromatic carbocycles. The van der Waals surface area contributed by atoms with Crippen molar-refractivity contribution in [3.8, 4) is 5.75 Å². The average Bonchev–Trinajstić information content (AvgIpc) is 3.98. The highest BCUT2D eigenvalue weighted by Gasteiger charge is 2.36. The molecule has 5 atom stereocenters. The monoisotopic (exact) mass is 871 g/mol. The Morgan fingerprint density at radius 1 is 0.900 bits per heavy atom. The smallest absolute Gasteiger partial charge is 0.226 e. The second-order valence-corrected chi connectivity index (χ2v) is 19.0. The maximum absolute atomic E-state index is 13.3. The van der Waals surface area contributed by atoms with Crippen molar-refractivity contribution in [2.24, 2.45) is 22.6 Å². The van der Waals surface area contributed by atoms with Gasteiger partial charge in [-0.25, -0.2) is 19.9 Å². The minimum Gasteiger partial charge on any atom is -0.490 e. The van der Waals surface area contributed by atoms with E-state index in [9.17, 15) is 9.59 Å². The van der Waals surface area contributed by atoms with Gasteiger partial charge in [-0.1, -0.05) is 11.6 Å². The van der Waals surface area contributed by atoms with Crippen LogP contribution in [0.5, 0.6) is 5.75 Å². The molecule has 5 aliphatic rings. The number of carbonyl (C=O) groups excluding carboxylic acids is 2. The van der Waals surface area contributed by atoms with Crippen molar-refractivity contribution in [1.29, 1.82) is 0 Å². The lowest BCUT2D eigenvalue weighted by atomic mass is 9.86. The molecule has 60 heavy (non-hydrogen) atoms. The van der Waals surface area contributed by atoms with Crippen LogP contribution in [0.25, 0.3) is 20.4 Å². The summed E-state index contributed by atoms with van der Waals surface area (Å²) in [5, 5.41) is 6.09. The Morgan fingerprint density at radius 2 is 1.50 bits per heavy atom. The number of fused-ring (bicyclic) bond motifs is 7. The first kappa shape index (κ1) is 41.1. The molecule has 3 aliphatic heterocycles. The van der Waals surface area contributed by atoms with Gasteiger partial charge in [0.1, 0.15) is 45.6 Å². The molecule has 3 N–H and O–H groups in total. The van der Waals surface area contributed by atoms with Gasteiger partial charge in [-0.05, 0) is 93.7 Å². The highest BCUT2D eigenvalue weighted by Crippen LogP contribution is 2.43. The second-order valence-electron chi connectivity index (χ2n) is 16.5. The number of rotatable bonds is 7. The maximum Gasteiger partial charge on any atom is 0.226 e. The van der Waals surface area contributed by atoms with Crippen LogP contribution in [0.3, 0.4) is 0 Å². The molecule has 2 aliphatic carbocycles. The summed E-state index contributed by atoms with van der Waals surface area (Å²) in [6.45, 7) is 11.0. The highest BCUT2D eigenvalue weighted by atomic mass is 35.5. The summed E-state index contributed by atoms with van der Waals surface area (Å²) in [4.78, 5) is 56.6. The van der Waals surface area contributed by atoms with Crippen LogP contribution in [0.1, 0.15) is 65.6 Å². The quantitative estimate of drug-likeness (QED) is 0.180. The zero-order valence-corrected chi connectivity index (χ0v) is 36.5. The number of nitrogens with zero attached hydrogens (tertiary/aromatic N) is 7. The number of thiophene rings is 2. The van der Waals surface area contributed by atoms with Crippen LogP contribution in [0, 0.1) is 11.8 Å². The van der Waals surface area contributed by atoms with Crippen molar-refractivity contribution in [3.63, 3.8) is 0 Å². The molecule has 316 valence electrons. The topological polar surface area (TPSA) is 170 Å². The molecule has 0 spiro atoms. The van der Waals surface area contributed by atoms with E-state index in [4.69, 9.17) is 31.5 Å². The Balaban J connectivity index is 0.000000172. The number of morpholine rings is 2. The van der Waals surface area contributed by atoms with E-state index >= 15 is 0 Å². The van der Waals surface area contributed by atoms with E-state index in [0.717, 1.165) is 87.3 Å². The number of carbonyl (C=O) groups is 2. The molecule has 4 aromatic heterocycles. The first-order valence-electron chi connectivity index (χ1n) is 20.9. The van der Waals surface area contributed by atoms with Crippen molar-refractivity contribution >= 4 is 84.2 Å². The molecule has 0 unspecified atom stereocenters. The standard InChI is InChI=1S/C27H32N6O3S.C16H18ClN3O2S/c1-15(28)12-36-22-8-19-11-29-10-18(19)7-21(22)32-25-24-20-4-3-17(9-23(20)37-26(24)31-14-30-25)27(34)33-5-6-35-13-16(33)2;1-9-7-22-5-4-20(9)16(21)10-2-3-11-12(6-10)23-15-13(11)14(17)18-8-19-15/h7-8,10,14-17H,3-6,9,11-13,28H2,1-2H3,(H,30,31,32);8-10H,2-7H2,1H3/t15-,16+,17+;9-,10-/m10/s1. The lowest BCUT2D eigenvalue weighted by Gasteiger charge is -2.36. The van der Waals surface area contributed by atoms with Gasteiger partial charge in [0.15, 0.2) is 0 Å². The first-order valence-corrected chi connectivity index (χ1v) is 22.9. The summed E-state index contributed by atoms with van der Waals surface area (Å²) in [7, 11) is 0. The molecule has 2 amide bonds. The molecule has 0 bridgehead atoms. The Hall–Kier alpha value is -4.32. The Morgan fingerprint density at radius 3 is 2.12 bits per heavy atom. The van der Waals surface area contributed by atoms with Crippen LogP contribution < -0.4 is 15.8 Å². The van der Waals surface area contributed by atoms with E-state index in [1.54, 1.807) is 29.0 Å². The van der Waals surface area contributed by atoms with Crippen molar-refractivity contribution in [1.82, 2.24) is 29.7 Å². The molecule has 0 saturated carbocycles. The van der Waals surface area contributed by atoms with E-state index in [1.165, 1.54) is 27.2 Å². The van der Waals surface area contributed by atoms with E-state index < -0.39 is 0 Å². The largest absolute Gasteiger partial charge is 0.490 e. The van der Waals surface area contributed by atoms with Gasteiger partial charge < -0.3 is 35.1 Å². The van der Waals surface area contributed by atoms with Crippen LogP contribution in [0.15, 0.2) is 29.8 Å². The Bertz CT molecular complexity index is 2460. The maximum atomic E-state index is 13.3. The first-order chi connectivity index (χ1) is 29.1. The molecule has 10 rings (SSSR count). The number of ether oxygens (including phenoxy) is 3. The Labute approximate surface area is 361 Å². The SMILES string of the molecule is C[C@@H](N)COc1cc2c(cc1Nc1ncnc3sc4c(c13)CC[C@H](C(=O)N1CCOC[C@@H]1C)C4)C=NC2.C[C@H]1COCCN1C(=O)[C@H]1CCc2c(sc3ncnc(Cl)c23)C1. The van der Waals surface area contributed by atoms with Crippen molar-refractivity contribution in [2.75, 3.05) is 51.4 Å².